The minimum absolute atomic E-state index is 0.716. The zero-order valence-electron chi connectivity index (χ0n) is 11.2. The van der Waals surface area contributed by atoms with Crippen LogP contribution in [-0.4, -0.2) is 39.7 Å². The summed E-state index contributed by atoms with van der Waals surface area (Å²) in [5.74, 6) is 2.56. The SMILES string of the molecule is CN(Cc1cc(-c2ccccc2)n[nH]1)[C@@H]1CCSC1. The topological polar surface area (TPSA) is 31.9 Å². The second-order valence-electron chi connectivity index (χ2n) is 5.08. The summed E-state index contributed by atoms with van der Waals surface area (Å²) in [5, 5.41) is 7.57. The smallest absolute Gasteiger partial charge is 0.0924 e. The molecular weight excluding hydrogens is 254 g/mol. The molecule has 0 amide bonds. The summed E-state index contributed by atoms with van der Waals surface area (Å²) in [6, 6.07) is 13.2. The Morgan fingerprint density at radius 2 is 2.21 bits per heavy atom. The normalized spacial score (nSPS) is 19.2. The fourth-order valence-corrected chi connectivity index (χ4v) is 3.77. The Bertz CT molecular complexity index is 517. The van der Waals surface area contributed by atoms with Gasteiger partial charge in [-0.15, -0.1) is 0 Å². The molecule has 1 aliphatic heterocycles. The molecule has 1 saturated heterocycles. The quantitative estimate of drug-likeness (QED) is 0.929. The molecule has 1 fully saturated rings. The van der Waals surface area contributed by atoms with Gasteiger partial charge in [0, 0.05) is 29.6 Å². The molecule has 1 aromatic carbocycles. The van der Waals surface area contributed by atoms with E-state index in [1.54, 1.807) is 0 Å². The molecule has 0 aliphatic carbocycles. The molecule has 3 rings (SSSR count). The van der Waals surface area contributed by atoms with Crippen LogP contribution in [0.4, 0.5) is 0 Å². The molecule has 0 bridgehead atoms. The lowest BCUT2D eigenvalue weighted by Crippen LogP contribution is -2.30. The number of rotatable bonds is 4. The van der Waals surface area contributed by atoms with Gasteiger partial charge in [0.15, 0.2) is 0 Å². The second-order valence-corrected chi connectivity index (χ2v) is 6.23. The Morgan fingerprint density at radius 3 is 2.95 bits per heavy atom. The largest absolute Gasteiger partial charge is 0.297 e. The van der Waals surface area contributed by atoms with E-state index in [-0.39, 0.29) is 0 Å². The van der Waals surface area contributed by atoms with Crippen molar-refractivity contribution in [2.75, 3.05) is 18.6 Å². The third kappa shape index (κ3) is 3.01. The lowest BCUT2D eigenvalue weighted by Gasteiger charge is -2.22. The van der Waals surface area contributed by atoms with Crippen LogP contribution in [0, 0.1) is 0 Å². The summed E-state index contributed by atoms with van der Waals surface area (Å²) >= 11 is 2.06. The Hall–Kier alpha value is -1.26. The van der Waals surface area contributed by atoms with Crippen molar-refractivity contribution in [3.8, 4) is 11.3 Å². The zero-order chi connectivity index (χ0) is 13.1. The maximum Gasteiger partial charge on any atom is 0.0924 e. The van der Waals surface area contributed by atoms with E-state index in [9.17, 15) is 0 Å². The fourth-order valence-electron chi connectivity index (χ4n) is 2.47. The summed E-state index contributed by atoms with van der Waals surface area (Å²) in [5.41, 5.74) is 3.40. The average Bonchev–Trinajstić information content (AvgIpc) is 3.11. The van der Waals surface area contributed by atoms with Crippen LogP contribution in [0.3, 0.4) is 0 Å². The fraction of sp³-hybridized carbons (Fsp3) is 0.400. The summed E-state index contributed by atoms with van der Waals surface area (Å²) < 4.78 is 0. The third-order valence-electron chi connectivity index (χ3n) is 3.65. The molecular formula is C15H19N3S. The molecule has 2 heterocycles. The Balaban J connectivity index is 1.68. The van der Waals surface area contributed by atoms with Crippen molar-refractivity contribution < 1.29 is 0 Å². The highest BCUT2D eigenvalue weighted by atomic mass is 32.2. The van der Waals surface area contributed by atoms with Crippen LogP contribution < -0.4 is 0 Å². The molecule has 1 aliphatic rings. The van der Waals surface area contributed by atoms with Gasteiger partial charge in [-0.1, -0.05) is 30.3 Å². The number of nitrogens with zero attached hydrogens (tertiary/aromatic N) is 2. The van der Waals surface area contributed by atoms with Crippen LogP contribution in [0.1, 0.15) is 12.1 Å². The molecule has 100 valence electrons. The standard InChI is InChI=1S/C15H19N3S/c1-18(14-7-8-19-11-14)10-13-9-15(17-16-13)12-5-3-2-4-6-12/h2-6,9,14H,7-8,10-11H2,1H3,(H,16,17)/t14-/m1/s1. The predicted molar refractivity (Wildman–Crippen MR) is 81.2 cm³/mol. The number of aromatic nitrogens is 2. The van der Waals surface area contributed by atoms with Gasteiger partial charge in [-0.05, 0) is 25.3 Å². The van der Waals surface area contributed by atoms with Crippen LogP contribution in [0.2, 0.25) is 0 Å². The van der Waals surface area contributed by atoms with E-state index < -0.39 is 0 Å². The summed E-state index contributed by atoms with van der Waals surface area (Å²) in [7, 11) is 2.21. The van der Waals surface area contributed by atoms with E-state index in [0.717, 1.165) is 12.2 Å². The van der Waals surface area contributed by atoms with Crippen LogP contribution in [0.15, 0.2) is 36.4 Å². The highest BCUT2D eigenvalue weighted by molar-refractivity contribution is 7.99. The number of hydrogen-bond acceptors (Lipinski definition) is 3. The minimum atomic E-state index is 0.716. The van der Waals surface area contributed by atoms with E-state index in [0.29, 0.717) is 6.04 Å². The molecule has 0 saturated carbocycles. The monoisotopic (exact) mass is 273 g/mol. The molecule has 0 unspecified atom stereocenters. The van der Waals surface area contributed by atoms with Gasteiger partial charge >= 0.3 is 0 Å². The molecule has 4 heteroatoms. The number of H-pyrrole nitrogens is 1. The first-order valence-corrected chi connectivity index (χ1v) is 7.86. The molecule has 1 aromatic heterocycles. The van der Waals surface area contributed by atoms with Crippen LogP contribution >= 0.6 is 11.8 Å². The predicted octanol–water partition coefficient (Wildman–Crippen LogP) is 3.01. The van der Waals surface area contributed by atoms with Gasteiger partial charge in [0.2, 0.25) is 0 Å². The molecule has 1 atom stereocenters. The van der Waals surface area contributed by atoms with Crippen molar-refractivity contribution in [1.29, 1.82) is 0 Å². The van der Waals surface area contributed by atoms with Crippen molar-refractivity contribution in [1.82, 2.24) is 15.1 Å². The summed E-state index contributed by atoms with van der Waals surface area (Å²) in [6.45, 7) is 0.949. The van der Waals surface area contributed by atoms with Crippen molar-refractivity contribution in [2.45, 2.75) is 19.0 Å². The molecule has 0 radical (unpaired) electrons. The van der Waals surface area contributed by atoms with Crippen molar-refractivity contribution >= 4 is 11.8 Å². The van der Waals surface area contributed by atoms with E-state index in [1.807, 2.05) is 18.2 Å². The van der Waals surface area contributed by atoms with Crippen LogP contribution in [-0.2, 0) is 6.54 Å². The minimum Gasteiger partial charge on any atom is -0.297 e. The van der Waals surface area contributed by atoms with E-state index in [1.165, 1.54) is 29.2 Å². The first-order valence-electron chi connectivity index (χ1n) is 6.70. The average molecular weight is 273 g/mol. The highest BCUT2D eigenvalue weighted by Crippen LogP contribution is 2.23. The van der Waals surface area contributed by atoms with Gasteiger partial charge in [0.05, 0.1) is 5.69 Å². The molecule has 0 spiro atoms. The van der Waals surface area contributed by atoms with Gasteiger partial charge in [-0.2, -0.15) is 16.9 Å². The first kappa shape index (κ1) is 12.8. The maximum absolute atomic E-state index is 4.41. The van der Waals surface area contributed by atoms with Crippen molar-refractivity contribution in [2.24, 2.45) is 0 Å². The maximum atomic E-state index is 4.41. The van der Waals surface area contributed by atoms with Gasteiger partial charge in [-0.3, -0.25) is 10.00 Å². The molecule has 3 nitrogen and oxygen atoms in total. The number of thioether (sulfide) groups is 1. The highest BCUT2D eigenvalue weighted by Gasteiger charge is 2.20. The van der Waals surface area contributed by atoms with Gasteiger partial charge in [0.25, 0.3) is 0 Å². The van der Waals surface area contributed by atoms with E-state index in [2.05, 4.69) is 52.1 Å². The lowest BCUT2D eigenvalue weighted by atomic mass is 10.1. The number of aromatic amines is 1. The van der Waals surface area contributed by atoms with Crippen LogP contribution in [0.25, 0.3) is 11.3 Å². The number of hydrogen-bond donors (Lipinski definition) is 1. The lowest BCUT2D eigenvalue weighted by molar-refractivity contribution is 0.251. The molecule has 19 heavy (non-hydrogen) atoms. The van der Waals surface area contributed by atoms with Gasteiger partial charge < -0.3 is 0 Å². The first-order chi connectivity index (χ1) is 9.33. The zero-order valence-corrected chi connectivity index (χ0v) is 12.0. The Morgan fingerprint density at radius 1 is 1.37 bits per heavy atom. The van der Waals surface area contributed by atoms with E-state index >= 15 is 0 Å². The third-order valence-corrected chi connectivity index (χ3v) is 4.79. The van der Waals surface area contributed by atoms with Crippen molar-refractivity contribution in [3.63, 3.8) is 0 Å². The van der Waals surface area contributed by atoms with Gasteiger partial charge in [-0.25, -0.2) is 0 Å². The summed E-state index contributed by atoms with van der Waals surface area (Å²) in [4.78, 5) is 2.43. The van der Waals surface area contributed by atoms with Gasteiger partial charge in [0.1, 0.15) is 0 Å². The Kier molecular flexibility index (Phi) is 3.89. The number of nitrogens with one attached hydrogen (secondary N) is 1. The molecule has 2 aromatic rings. The van der Waals surface area contributed by atoms with Crippen LogP contribution in [0.5, 0.6) is 0 Å². The van der Waals surface area contributed by atoms with E-state index in [4.69, 9.17) is 0 Å². The summed E-state index contributed by atoms with van der Waals surface area (Å²) in [6.07, 6.45) is 1.31. The number of benzene rings is 1. The second kappa shape index (κ2) is 5.80. The Labute approximate surface area is 118 Å². The van der Waals surface area contributed by atoms with Crippen molar-refractivity contribution in [3.05, 3.63) is 42.1 Å². The molecule has 1 N–H and O–H groups in total.